The normalized spacial score (nSPS) is 10.2. The van der Waals surface area contributed by atoms with Gasteiger partial charge in [0.05, 0.1) is 5.69 Å². The van der Waals surface area contributed by atoms with Crippen molar-refractivity contribution in [1.29, 1.82) is 0 Å². The Hall–Kier alpha value is -4.78. The molecule has 5 rings (SSSR count). The minimum Gasteiger partial charge on any atom is -0.484 e. The Bertz CT molecular complexity index is 1440. The number of hydrogen-bond acceptors (Lipinski definition) is 6. The van der Waals surface area contributed by atoms with Crippen LogP contribution in [0, 0.1) is 0 Å². The molecule has 0 aliphatic heterocycles. The van der Waals surface area contributed by atoms with E-state index in [4.69, 9.17) is 4.74 Å². The van der Waals surface area contributed by atoms with Crippen LogP contribution in [0.5, 0.6) is 5.75 Å². The molecule has 0 aliphatic carbocycles. The number of hydrogen-bond donors (Lipinski definition) is 2. The summed E-state index contributed by atoms with van der Waals surface area (Å²) >= 11 is 0. The molecule has 0 atom stereocenters. The summed E-state index contributed by atoms with van der Waals surface area (Å²) in [5.74, 6) is 0.847. The molecule has 2 aromatic heterocycles. The molecule has 0 saturated heterocycles. The lowest BCUT2D eigenvalue weighted by molar-refractivity contribution is -0.118. The van der Waals surface area contributed by atoms with E-state index in [1.807, 2.05) is 98.8 Å². The summed E-state index contributed by atoms with van der Waals surface area (Å²) < 4.78 is 5.68. The van der Waals surface area contributed by atoms with Crippen molar-refractivity contribution in [1.82, 2.24) is 15.0 Å². The fourth-order valence-electron chi connectivity index (χ4n) is 3.50. The van der Waals surface area contributed by atoms with Gasteiger partial charge in [-0.3, -0.25) is 9.78 Å². The maximum absolute atomic E-state index is 12.4. The molecule has 2 N–H and O–H groups in total. The summed E-state index contributed by atoms with van der Waals surface area (Å²) in [6.07, 6.45) is 5.16. The van der Waals surface area contributed by atoms with E-state index in [0.29, 0.717) is 17.4 Å². The molecule has 180 valence electrons. The van der Waals surface area contributed by atoms with Crippen LogP contribution in [0.15, 0.2) is 104 Å². The maximum atomic E-state index is 12.4. The molecule has 0 saturated carbocycles. The van der Waals surface area contributed by atoms with Crippen molar-refractivity contribution in [2.45, 2.75) is 13.8 Å². The van der Waals surface area contributed by atoms with Gasteiger partial charge in [-0.15, -0.1) is 0 Å². The number of pyridine rings is 1. The van der Waals surface area contributed by atoms with Crippen LogP contribution in [0.3, 0.4) is 0 Å². The SMILES string of the molecule is CC.O=C(COc1ccc2ccccc2c1)Nc1cccc(Nc2nccc(-c3cccnc3)n2)c1. The highest BCUT2D eigenvalue weighted by Crippen LogP contribution is 2.22. The van der Waals surface area contributed by atoms with E-state index in [9.17, 15) is 4.79 Å². The first-order chi connectivity index (χ1) is 17.7. The Morgan fingerprint density at radius 3 is 2.50 bits per heavy atom. The average molecular weight is 478 g/mol. The summed E-state index contributed by atoms with van der Waals surface area (Å²) in [7, 11) is 0. The monoisotopic (exact) mass is 477 g/mol. The van der Waals surface area contributed by atoms with Crippen molar-refractivity contribution in [3.8, 4) is 17.0 Å². The lowest BCUT2D eigenvalue weighted by Crippen LogP contribution is -2.20. The minimum absolute atomic E-state index is 0.0910. The Kier molecular flexibility index (Phi) is 8.17. The van der Waals surface area contributed by atoms with E-state index in [1.54, 1.807) is 18.6 Å². The fourth-order valence-corrected chi connectivity index (χ4v) is 3.50. The highest BCUT2D eigenvalue weighted by atomic mass is 16.5. The zero-order chi connectivity index (χ0) is 25.2. The van der Waals surface area contributed by atoms with E-state index >= 15 is 0 Å². The number of ether oxygens (including phenoxy) is 1. The summed E-state index contributed by atoms with van der Waals surface area (Å²) in [5, 5.41) is 8.22. The standard InChI is InChI=1S/C27H21N5O2.C2H6/c33-26(18-34-24-11-10-19-5-1-2-6-20(19)15-24)30-22-8-3-9-23(16-22)31-27-29-14-12-25(32-27)21-7-4-13-28-17-21;1-2/h1-17H,18H2,(H,30,33)(H,29,31,32);1-2H3. The number of anilines is 3. The minimum atomic E-state index is -0.250. The molecular formula is C29H27N5O2. The Balaban J connectivity index is 0.00000148. The molecule has 0 unspecified atom stereocenters. The van der Waals surface area contributed by atoms with Gasteiger partial charge in [-0.05, 0) is 59.3 Å². The van der Waals surface area contributed by atoms with Crippen LogP contribution in [0.25, 0.3) is 22.0 Å². The van der Waals surface area contributed by atoms with Crippen LogP contribution < -0.4 is 15.4 Å². The predicted molar refractivity (Wildman–Crippen MR) is 144 cm³/mol. The van der Waals surface area contributed by atoms with Crippen molar-refractivity contribution in [3.63, 3.8) is 0 Å². The highest BCUT2D eigenvalue weighted by Gasteiger charge is 2.07. The van der Waals surface area contributed by atoms with Gasteiger partial charge in [0.2, 0.25) is 5.95 Å². The van der Waals surface area contributed by atoms with Gasteiger partial charge in [-0.25, -0.2) is 9.97 Å². The zero-order valence-corrected chi connectivity index (χ0v) is 20.2. The molecule has 0 fully saturated rings. The number of fused-ring (bicyclic) bond motifs is 1. The van der Waals surface area contributed by atoms with Gasteiger partial charge in [0, 0.05) is 35.5 Å². The first kappa shape index (κ1) is 24.3. The van der Waals surface area contributed by atoms with E-state index in [2.05, 4.69) is 25.6 Å². The van der Waals surface area contributed by atoms with E-state index in [-0.39, 0.29) is 12.5 Å². The van der Waals surface area contributed by atoms with Crippen molar-refractivity contribution in [2.24, 2.45) is 0 Å². The molecule has 7 heteroatoms. The van der Waals surface area contributed by atoms with E-state index in [0.717, 1.165) is 27.7 Å². The number of rotatable bonds is 7. The summed E-state index contributed by atoms with van der Waals surface area (Å²) in [6.45, 7) is 3.91. The molecule has 0 radical (unpaired) electrons. The van der Waals surface area contributed by atoms with Gasteiger partial charge in [-0.2, -0.15) is 0 Å². The first-order valence-corrected chi connectivity index (χ1v) is 11.7. The second kappa shape index (κ2) is 12.1. The van der Waals surface area contributed by atoms with Crippen LogP contribution in [-0.4, -0.2) is 27.5 Å². The molecule has 0 spiro atoms. The number of aromatic nitrogens is 3. The largest absolute Gasteiger partial charge is 0.484 e. The number of amides is 1. The number of nitrogens with one attached hydrogen (secondary N) is 2. The van der Waals surface area contributed by atoms with E-state index in [1.165, 1.54) is 0 Å². The van der Waals surface area contributed by atoms with Crippen molar-refractivity contribution in [3.05, 3.63) is 104 Å². The van der Waals surface area contributed by atoms with Crippen LogP contribution >= 0.6 is 0 Å². The topological polar surface area (TPSA) is 89.0 Å². The Labute approximate surface area is 210 Å². The van der Waals surface area contributed by atoms with Gasteiger partial charge in [0.15, 0.2) is 6.61 Å². The molecule has 36 heavy (non-hydrogen) atoms. The first-order valence-electron chi connectivity index (χ1n) is 11.7. The molecule has 0 aliphatic rings. The van der Waals surface area contributed by atoms with Crippen LogP contribution in [0.1, 0.15) is 13.8 Å². The number of nitrogens with zero attached hydrogens (tertiary/aromatic N) is 3. The van der Waals surface area contributed by atoms with E-state index < -0.39 is 0 Å². The van der Waals surface area contributed by atoms with Gasteiger partial charge in [0.25, 0.3) is 5.91 Å². The van der Waals surface area contributed by atoms with Gasteiger partial charge in [0.1, 0.15) is 5.75 Å². The zero-order valence-electron chi connectivity index (χ0n) is 20.2. The molecule has 5 aromatic rings. The lowest BCUT2D eigenvalue weighted by Gasteiger charge is -2.10. The number of carbonyl (C=O) groups excluding carboxylic acids is 1. The number of carbonyl (C=O) groups is 1. The van der Waals surface area contributed by atoms with Crippen LogP contribution in [-0.2, 0) is 4.79 Å². The smallest absolute Gasteiger partial charge is 0.262 e. The third-order valence-corrected chi connectivity index (χ3v) is 5.11. The third kappa shape index (κ3) is 6.42. The summed E-state index contributed by atoms with van der Waals surface area (Å²) in [5.41, 5.74) is 3.05. The summed E-state index contributed by atoms with van der Waals surface area (Å²) in [6, 6.07) is 26.7. The molecule has 1 amide bonds. The fraction of sp³-hybridized carbons (Fsp3) is 0.103. The third-order valence-electron chi connectivity index (χ3n) is 5.11. The van der Waals surface area contributed by atoms with Crippen LogP contribution in [0.2, 0.25) is 0 Å². The quantitative estimate of drug-likeness (QED) is 0.279. The lowest BCUT2D eigenvalue weighted by atomic mass is 10.1. The van der Waals surface area contributed by atoms with Gasteiger partial charge < -0.3 is 15.4 Å². The van der Waals surface area contributed by atoms with Crippen molar-refractivity contribution in [2.75, 3.05) is 17.2 Å². The van der Waals surface area contributed by atoms with Crippen molar-refractivity contribution >= 4 is 34.0 Å². The van der Waals surface area contributed by atoms with Crippen LogP contribution in [0.4, 0.5) is 17.3 Å². The Morgan fingerprint density at radius 2 is 1.67 bits per heavy atom. The highest BCUT2D eigenvalue weighted by molar-refractivity contribution is 5.92. The van der Waals surface area contributed by atoms with Gasteiger partial charge in [-0.1, -0.05) is 50.2 Å². The molecule has 7 nitrogen and oxygen atoms in total. The molecule has 3 aromatic carbocycles. The summed E-state index contributed by atoms with van der Waals surface area (Å²) in [4.78, 5) is 25.4. The average Bonchev–Trinajstić information content (AvgIpc) is 2.94. The predicted octanol–water partition coefficient (Wildman–Crippen LogP) is 6.48. The second-order valence-electron chi connectivity index (χ2n) is 7.56. The van der Waals surface area contributed by atoms with Crippen molar-refractivity contribution < 1.29 is 9.53 Å². The molecule has 2 heterocycles. The molecule has 0 bridgehead atoms. The Morgan fingerprint density at radius 1 is 0.833 bits per heavy atom. The molecular weight excluding hydrogens is 450 g/mol. The maximum Gasteiger partial charge on any atom is 0.262 e. The van der Waals surface area contributed by atoms with Gasteiger partial charge >= 0.3 is 0 Å². The number of benzene rings is 3. The second-order valence-corrected chi connectivity index (χ2v) is 7.56.